The Kier molecular flexibility index (Phi) is 6.49. The Bertz CT molecular complexity index is 433. The Hall–Kier alpha value is -0.610. The van der Waals surface area contributed by atoms with Gasteiger partial charge in [-0.2, -0.15) is 0 Å². The van der Waals surface area contributed by atoms with Gasteiger partial charge in [0.15, 0.2) is 0 Å². The van der Waals surface area contributed by atoms with Crippen molar-refractivity contribution in [2.24, 2.45) is 0 Å². The molecule has 0 aromatic heterocycles. The molecular formula is C17H27ClN2O. The topological polar surface area (TPSA) is 26.7 Å². The Morgan fingerprint density at radius 2 is 1.95 bits per heavy atom. The number of aliphatic hydroxyl groups excluding tert-OH is 1. The second-order valence-electron chi connectivity index (χ2n) is 5.99. The summed E-state index contributed by atoms with van der Waals surface area (Å²) in [5, 5.41) is 10.9. The van der Waals surface area contributed by atoms with Gasteiger partial charge >= 0.3 is 0 Å². The van der Waals surface area contributed by atoms with Gasteiger partial charge in [0, 0.05) is 43.8 Å². The number of nitrogens with zero attached hydrogens (tertiary/aromatic N) is 2. The van der Waals surface area contributed by atoms with Gasteiger partial charge in [0.25, 0.3) is 0 Å². The smallest absolute Gasteiger partial charge is 0.0802 e. The van der Waals surface area contributed by atoms with Crippen molar-refractivity contribution in [1.82, 2.24) is 9.80 Å². The van der Waals surface area contributed by atoms with E-state index in [-0.39, 0.29) is 0 Å². The first-order chi connectivity index (χ1) is 10.1. The normalized spacial score (nSPS) is 20.4. The molecule has 0 spiro atoms. The first-order valence-electron chi connectivity index (χ1n) is 8.00. The third-order valence-electron chi connectivity index (χ3n) is 4.57. The van der Waals surface area contributed by atoms with Crippen LogP contribution >= 0.6 is 11.6 Å². The molecule has 2 unspecified atom stereocenters. The van der Waals surface area contributed by atoms with Gasteiger partial charge in [-0.3, -0.25) is 4.90 Å². The minimum absolute atomic E-state index is 0.420. The Labute approximate surface area is 133 Å². The molecule has 1 N–H and O–H groups in total. The Balaban J connectivity index is 1.74. The van der Waals surface area contributed by atoms with E-state index in [1.807, 2.05) is 24.3 Å². The molecule has 0 aliphatic carbocycles. The van der Waals surface area contributed by atoms with Crippen molar-refractivity contribution >= 4 is 11.6 Å². The Morgan fingerprint density at radius 3 is 2.57 bits per heavy atom. The fourth-order valence-electron chi connectivity index (χ4n) is 2.87. The van der Waals surface area contributed by atoms with Crippen LogP contribution < -0.4 is 0 Å². The van der Waals surface area contributed by atoms with E-state index in [0.717, 1.165) is 44.7 Å². The van der Waals surface area contributed by atoms with E-state index in [2.05, 4.69) is 23.6 Å². The summed E-state index contributed by atoms with van der Waals surface area (Å²) in [5.74, 6) is 0. The van der Waals surface area contributed by atoms with Crippen molar-refractivity contribution in [3.63, 3.8) is 0 Å². The lowest BCUT2D eigenvalue weighted by atomic mass is 10.1. The summed E-state index contributed by atoms with van der Waals surface area (Å²) < 4.78 is 0. The third kappa shape index (κ3) is 4.96. The fraction of sp³-hybridized carbons (Fsp3) is 0.647. The van der Waals surface area contributed by atoms with Crippen LogP contribution in [0.5, 0.6) is 0 Å². The quantitative estimate of drug-likeness (QED) is 0.874. The second kappa shape index (κ2) is 8.14. The average molecular weight is 311 g/mol. The number of piperazine rings is 1. The molecule has 21 heavy (non-hydrogen) atoms. The standard InChI is InChI=1S/C17H27ClN2O/c1-3-14(2)20-11-9-19(10-12-20)8-7-17(21)15-5-4-6-16(18)13-15/h4-6,13-14,17,21H,3,7-12H2,1-2H3. The molecule has 3 nitrogen and oxygen atoms in total. The van der Waals surface area contributed by atoms with Crippen LogP contribution in [0, 0.1) is 0 Å². The minimum Gasteiger partial charge on any atom is -0.388 e. The molecule has 0 saturated carbocycles. The number of hydrogen-bond acceptors (Lipinski definition) is 3. The maximum atomic E-state index is 10.3. The van der Waals surface area contributed by atoms with Crippen LogP contribution in [-0.2, 0) is 0 Å². The first kappa shape index (κ1) is 16.8. The molecule has 2 atom stereocenters. The number of rotatable bonds is 6. The van der Waals surface area contributed by atoms with Gasteiger partial charge < -0.3 is 10.0 Å². The van der Waals surface area contributed by atoms with Crippen LogP contribution in [0.15, 0.2) is 24.3 Å². The molecule has 1 aliphatic rings. The predicted octanol–water partition coefficient (Wildman–Crippen LogP) is 3.18. The maximum absolute atomic E-state index is 10.3. The lowest BCUT2D eigenvalue weighted by Gasteiger charge is -2.38. The molecule has 1 fully saturated rings. The van der Waals surface area contributed by atoms with Crippen LogP contribution in [0.2, 0.25) is 5.02 Å². The zero-order valence-electron chi connectivity index (χ0n) is 13.1. The molecule has 1 saturated heterocycles. The Morgan fingerprint density at radius 1 is 1.24 bits per heavy atom. The molecule has 4 heteroatoms. The van der Waals surface area contributed by atoms with Crippen molar-refractivity contribution in [1.29, 1.82) is 0 Å². The van der Waals surface area contributed by atoms with Gasteiger partial charge in [-0.15, -0.1) is 0 Å². The van der Waals surface area contributed by atoms with E-state index in [4.69, 9.17) is 11.6 Å². The lowest BCUT2D eigenvalue weighted by Crippen LogP contribution is -2.49. The largest absolute Gasteiger partial charge is 0.388 e. The number of aliphatic hydroxyl groups is 1. The summed E-state index contributed by atoms with van der Waals surface area (Å²) in [7, 11) is 0. The lowest BCUT2D eigenvalue weighted by molar-refractivity contribution is 0.0830. The summed E-state index contributed by atoms with van der Waals surface area (Å²) in [5.41, 5.74) is 0.917. The van der Waals surface area contributed by atoms with E-state index >= 15 is 0 Å². The summed E-state index contributed by atoms with van der Waals surface area (Å²) in [4.78, 5) is 5.01. The van der Waals surface area contributed by atoms with E-state index in [9.17, 15) is 5.11 Å². The molecule has 0 bridgehead atoms. The van der Waals surface area contributed by atoms with Crippen LogP contribution in [-0.4, -0.2) is 53.7 Å². The van der Waals surface area contributed by atoms with Gasteiger partial charge in [0.2, 0.25) is 0 Å². The van der Waals surface area contributed by atoms with Crippen molar-refractivity contribution in [2.75, 3.05) is 32.7 Å². The number of hydrogen-bond donors (Lipinski definition) is 1. The minimum atomic E-state index is -0.420. The SMILES string of the molecule is CCC(C)N1CCN(CCC(O)c2cccc(Cl)c2)CC1. The molecule has 0 radical (unpaired) electrons. The molecule has 1 aromatic rings. The zero-order chi connectivity index (χ0) is 15.2. The van der Waals surface area contributed by atoms with Crippen LogP contribution in [0.3, 0.4) is 0 Å². The van der Waals surface area contributed by atoms with Gasteiger partial charge in [0.1, 0.15) is 0 Å². The zero-order valence-corrected chi connectivity index (χ0v) is 13.9. The predicted molar refractivity (Wildman–Crippen MR) is 88.8 cm³/mol. The van der Waals surface area contributed by atoms with Gasteiger partial charge in [-0.25, -0.2) is 0 Å². The number of benzene rings is 1. The van der Waals surface area contributed by atoms with Crippen LogP contribution in [0.4, 0.5) is 0 Å². The van der Waals surface area contributed by atoms with Crippen LogP contribution in [0.1, 0.15) is 38.4 Å². The van der Waals surface area contributed by atoms with Crippen molar-refractivity contribution < 1.29 is 5.11 Å². The number of halogens is 1. The summed E-state index contributed by atoms with van der Waals surface area (Å²) >= 11 is 5.97. The maximum Gasteiger partial charge on any atom is 0.0802 e. The molecule has 118 valence electrons. The molecule has 2 rings (SSSR count). The van der Waals surface area contributed by atoms with Crippen LogP contribution in [0.25, 0.3) is 0 Å². The van der Waals surface area contributed by atoms with Crippen molar-refractivity contribution in [2.45, 2.75) is 38.8 Å². The summed E-state index contributed by atoms with van der Waals surface area (Å²) in [6.45, 7) is 9.99. The first-order valence-corrected chi connectivity index (χ1v) is 8.38. The van der Waals surface area contributed by atoms with Gasteiger partial charge in [0.05, 0.1) is 6.10 Å². The monoisotopic (exact) mass is 310 g/mol. The average Bonchev–Trinajstić information content (AvgIpc) is 2.52. The van der Waals surface area contributed by atoms with Crippen molar-refractivity contribution in [3.8, 4) is 0 Å². The molecule has 1 aromatic carbocycles. The molecule has 1 aliphatic heterocycles. The van der Waals surface area contributed by atoms with Gasteiger partial charge in [-0.05, 0) is 37.5 Å². The highest BCUT2D eigenvalue weighted by molar-refractivity contribution is 6.30. The van der Waals surface area contributed by atoms with E-state index < -0.39 is 6.10 Å². The van der Waals surface area contributed by atoms with Gasteiger partial charge in [-0.1, -0.05) is 30.7 Å². The highest BCUT2D eigenvalue weighted by atomic mass is 35.5. The molecule has 1 heterocycles. The third-order valence-corrected chi connectivity index (χ3v) is 4.81. The van der Waals surface area contributed by atoms with E-state index in [1.54, 1.807) is 0 Å². The summed E-state index contributed by atoms with van der Waals surface area (Å²) in [6.07, 6.45) is 1.56. The fourth-order valence-corrected chi connectivity index (χ4v) is 3.07. The second-order valence-corrected chi connectivity index (χ2v) is 6.43. The highest BCUT2D eigenvalue weighted by Gasteiger charge is 2.20. The van der Waals surface area contributed by atoms with E-state index in [0.29, 0.717) is 11.1 Å². The van der Waals surface area contributed by atoms with E-state index in [1.165, 1.54) is 6.42 Å². The summed E-state index contributed by atoms with van der Waals surface area (Å²) in [6, 6.07) is 8.21. The molecule has 0 amide bonds. The van der Waals surface area contributed by atoms with Crippen molar-refractivity contribution in [3.05, 3.63) is 34.9 Å². The molecular weight excluding hydrogens is 284 g/mol. The highest BCUT2D eigenvalue weighted by Crippen LogP contribution is 2.21.